The molecule has 2 fully saturated rings. The molecule has 1 aromatic rings. The normalized spacial score (nSPS) is 31.1. The fourth-order valence-corrected chi connectivity index (χ4v) is 4.62. The molecule has 3 rings (SSSR count). The van der Waals surface area contributed by atoms with Crippen molar-refractivity contribution in [2.45, 2.75) is 52.4 Å². The number of carbonyl (C=O) groups is 1. The predicted molar refractivity (Wildman–Crippen MR) is 94.3 cm³/mol. The standard InChI is InChI=1S/C18H26F2N2OS/c1-12-8-14(13(2)24-12)22-10-17(19)9-21(7-6-16(3,4)5)11-18(17,20)15(22)23/h8H,6-7,9-11H2,1-5H3/t17-,18+/m0/s1. The van der Waals surface area contributed by atoms with Gasteiger partial charge in [-0.1, -0.05) is 20.8 Å². The van der Waals surface area contributed by atoms with Crippen LogP contribution in [0.4, 0.5) is 14.5 Å². The molecule has 6 heteroatoms. The van der Waals surface area contributed by atoms with Gasteiger partial charge in [-0.25, -0.2) is 8.78 Å². The Morgan fingerprint density at radius 1 is 1.21 bits per heavy atom. The Labute approximate surface area is 146 Å². The van der Waals surface area contributed by atoms with E-state index in [1.54, 1.807) is 16.2 Å². The zero-order valence-electron chi connectivity index (χ0n) is 15.1. The average Bonchev–Trinajstić information content (AvgIpc) is 2.96. The van der Waals surface area contributed by atoms with Gasteiger partial charge in [-0.2, -0.15) is 0 Å². The summed E-state index contributed by atoms with van der Waals surface area (Å²) in [5, 5.41) is 0. The number of fused-ring (bicyclic) bond motifs is 1. The summed E-state index contributed by atoms with van der Waals surface area (Å²) in [4.78, 5) is 17.8. The summed E-state index contributed by atoms with van der Waals surface area (Å²) in [7, 11) is 0. The van der Waals surface area contributed by atoms with Crippen LogP contribution in [0, 0.1) is 19.3 Å². The molecule has 0 aromatic carbocycles. The first kappa shape index (κ1) is 17.8. The second-order valence-corrected chi connectivity index (χ2v) is 9.94. The van der Waals surface area contributed by atoms with E-state index < -0.39 is 17.2 Å². The molecule has 2 aliphatic rings. The molecule has 0 N–H and O–H groups in total. The Hall–Kier alpha value is -1.01. The van der Waals surface area contributed by atoms with Crippen LogP contribution < -0.4 is 4.90 Å². The second-order valence-electron chi connectivity index (χ2n) is 8.48. The van der Waals surface area contributed by atoms with E-state index in [1.165, 1.54) is 4.90 Å². The number of halogens is 2. The molecule has 0 unspecified atom stereocenters. The largest absolute Gasteiger partial charge is 0.305 e. The first-order valence-corrected chi connectivity index (χ1v) is 9.26. The summed E-state index contributed by atoms with van der Waals surface area (Å²) < 4.78 is 30.8. The molecule has 0 radical (unpaired) electrons. The summed E-state index contributed by atoms with van der Waals surface area (Å²) in [5.74, 6) is -0.718. The molecule has 0 aliphatic carbocycles. The highest BCUT2D eigenvalue weighted by molar-refractivity contribution is 7.12. The summed E-state index contributed by atoms with van der Waals surface area (Å²) in [6.45, 7) is 10.4. The minimum Gasteiger partial charge on any atom is -0.305 e. The lowest BCUT2D eigenvalue weighted by atomic mass is 9.92. The van der Waals surface area contributed by atoms with Gasteiger partial charge in [0.05, 0.1) is 12.2 Å². The smallest absolute Gasteiger partial charge is 0.269 e. The first-order valence-electron chi connectivity index (χ1n) is 8.44. The van der Waals surface area contributed by atoms with Gasteiger partial charge in [0.25, 0.3) is 5.91 Å². The third kappa shape index (κ3) is 2.77. The molecule has 1 amide bonds. The minimum atomic E-state index is -2.42. The van der Waals surface area contributed by atoms with Gasteiger partial charge in [0, 0.05) is 22.8 Å². The van der Waals surface area contributed by atoms with Crippen LogP contribution in [-0.4, -0.2) is 48.3 Å². The average molecular weight is 356 g/mol. The monoisotopic (exact) mass is 356 g/mol. The molecule has 24 heavy (non-hydrogen) atoms. The van der Waals surface area contributed by atoms with E-state index in [0.717, 1.165) is 16.2 Å². The van der Waals surface area contributed by atoms with Crippen molar-refractivity contribution in [3.05, 3.63) is 15.8 Å². The van der Waals surface area contributed by atoms with Gasteiger partial charge < -0.3 is 4.90 Å². The van der Waals surface area contributed by atoms with Gasteiger partial charge in [0.2, 0.25) is 5.67 Å². The number of hydrogen-bond acceptors (Lipinski definition) is 3. The molecule has 2 aliphatic heterocycles. The van der Waals surface area contributed by atoms with Crippen LogP contribution in [0.5, 0.6) is 0 Å². The summed E-state index contributed by atoms with van der Waals surface area (Å²) in [5.41, 5.74) is -3.78. The van der Waals surface area contributed by atoms with E-state index in [9.17, 15) is 4.79 Å². The quantitative estimate of drug-likeness (QED) is 0.821. The van der Waals surface area contributed by atoms with Crippen molar-refractivity contribution in [2.24, 2.45) is 5.41 Å². The second kappa shape index (κ2) is 5.49. The molecular formula is C18H26F2N2OS. The highest BCUT2D eigenvalue weighted by Crippen LogP contribution is 2.48. The number of likely N-dealkylation sites (tertiary alicyclic amines) is 1. The molecule has 1 aromatic heterocycles. The molecule has 2 atom stereocenters. The zero-order valence-corrected chi connectivity index (χ0v) is 15.9. The molecule has 2 saturated heterocycles. The van der Waals surface area contributed by atoms with Crippen LogP contribution in [0.2, 0.25) is 0 Å². The number of anilines is 1. The van der Waals surface area contributed by atoms with E-state index >= 15 is 8.78 Å². The number of carbonyl (C=O) groups excluding carboxylic acids is 1. The van der Waals surface area contributed by atoms with Crippen molar-refractivity contribution in [2.75, 3.05) is 31.1 Å². The number of amides is 1. The number of nitrogens with zero attached hydrogens (tertiary/aromatic N) is 2. The lowest BCUT2D eigenvalue weighted by molar-refractivity contribution is -0.130. The van der Waals surface area contributed by atoms with Gasteiger partial charge in [-0.05, 0) is 38.3 Å². The number of hydrogen-bond donors (Lipinski definition) is 0. The van der Waals surface area contributed by atoms with Crippen molar-refractivity contribution < 1.29 is 13.6 Å². The van der Waals surface area contributed by atoms with Crippen LogP contribution in [0.1, 0.15) is 36.9 Å². The zero-order chi connectivity index (χ0) is 17.9. The number of rotatable bonds is 3. The van der Waals surface area contributed by atoms with Gasteiger partial charge >= 0.3 is 0 Å². The van der Waals surface area contributed by atoms with E-state index in [0.29, 0.717) is 12.2 Å². The highest BCUT2D eigenvalue weighted by Gasteiger charge is 2.71. The topological polar surface area (TPSA) is 23.6 Å². The van der Waals surface area contributed by atoms with E-state index in [1.807, 2.05) is 19.9 Å². The van der Waals surface area contributed by atoms with Gasteiger partial charge in [-0.15, -0.1) is 11.3 Å². The van der Waals surface area contributed by atoms with Crippen molar-refractivity contribution in [1.29, 1.82) is 0 Å². The van der Waals surface area contributed by atoms with Crippen LogP contribution in [0.25, 0.3) is 0 Å². The van der Waals surface area contributed by atoms with E-state index in [-0.39, 0.29) is 25.0 Å². The summed E-state index contributed by atoms with van der Waals surface area (Å²) >= 11 is 1.55. The molecule has 0 saturated carbocycles. The van der Waals surface area contributed by atoms with Crippen LogP contribution in [0.15, 0.2) is 6.07 Å². The number of aryl methyl sites for hydroxylation is 2. The molecule has 0 bridgehead atoms. The Morgan fingerprint density at radius 2 is 1.88 bits per heavy atom. The molecule has 3 nitrogen and oxygen atoms in total. The maximum Gasteiger partial charge on any atom is 0.269 e. The molecule has 0 spiro atoms. The SMILES string of the molecule is Cc1cc(N2C[C@@]3(F)CN(CCC(C)(C)C)C[C@@]3(F)C2=O)c(C)s1. The van der Waals surface area contributed by atoms with Gasteiger partial charge in [0.1, 0.15) is 0 Å². The van der Waals surface area contributed by atoms with Crippen LogP contribution in [-0.2, 0) is 4.79 Å². The Morgan fingerprint density at radius 3 is 2.38 bits per heavy atom. The van der Waals surface area contributed by atoms with Crippen LogP contribution >= 0.6 is 11.3 Å². The third-order valence-corrected chi connectivity index (χ3v) is 6.06. The number of alkyl halides is 2. The first-order chi connectivity index (χ1) is 11.0. The summed E-state index contributed by atoms with van der Waals surface area (Å²) in [6.07, 6.45) is 0.847. The Balaban J connectivity index is 1.80. The van der Waals surface area contributed by atoms with E-state index in [4.69, 9.17) is 0 Å². The highest BCUT2D eigenvalue weighted by atomic mass is 32.1. The lowest BCUT2D eigenvalue weighted by Crippen LogP contribution is -2.47. The van der Waals surface area contributed by atoms with Gasteiger partial charge in [-0.3, -0.25) is 9.69 Å². The van der Waals surface area contributed by atoms with Crippen molar-refractivity contribution in [3.8, 4) is 0 Å². The fourth-order valence-electron chi connectivity index (χ4n) is 3.69. The van der Waals surface area contributed by atoms with E-state index in [2.05, 4.69) is 20.8 Å². The lowest BCUT2D eigenvalue weighted by Gasteiger charge is -2.25. The van der Waals surface area contributed by atoms with Crippen LogP contribution in [0.3, 0.4) is 0 Å². The van der Waals surface area contributed by atoms with Crippen molar-refractivity contribution in [1.82, 2.24) is 4.90 Å². The number of thiophene rings is 1. The third-order valence-electron chi connectivity index (χ3n) is 5.10. The predicted octanol–water partition coefficient (Wildman–Crippen LogP) is 3.88. The maximum absolute atomic E-state index is 15.4. The summed E-state index contributed by atoms with van der Waals surface area (Å²) in [6, 6.07) is 1.85. The molecule has 3 heterocycles. The molecular weight excluding hydrogens is 330 g/mol. The maximum atomic E-state index is 15.4. The molecule has 134 valence electrons. The minimum absolute atomic E-state index is 0.00993. The van der Waals surface area contributed by atoms with Crippen molar-refractivity contribution >= 4 is 22.9 Å². The van der Waals surface area contributed by atoms with Gasteiger partial charge in [0.15, 0.2) is 5.67 Å². The Bertz CT molecular complexity index is 668. The fraction of sp³-hybridized carbons (Fsp3) is 0.722. The Kier molecular flexibility index (Phi) is 4.08. The van der Waals surface area contributed by atoms with Crippen molar-refractivity contribution in [3.63, 3.8) is 0 Å².